The van der Waals surface area contributed by atoms with E-state index in [0.717, 1.165) is 18.2 Å². The summed E-state index contributed by atoms with van der Waals surface area (Å²) in [6, 6.07) is 8.57. The first-order valence-corrected chi connectivity index (χ1v) is 9.90. The number of sulfonamides is 1. The van der Waals surface area contributed by atoms with E-state index in [1.807, 2.05) is 0 Å². The lowest BCUT2D eigenvalue weighted by Gasteiger charge is -2.12. The number of anilines is 1. The van der Waals surface area contributed by atoms with Gasteiger partial charge in [0.1, 0.15) is 0 Å². The van der Waals surface area contributed by atoms with E-state index in [4.69, 9.17) is 0 Å². The molecule has 156 valence electrons. The SMILES string of the molecule is CCCC(=O)NNC(=O)c1cccc(S(=O)(=O)Nc2cccc(C(F)(F)F)c2)c1. The van der Waals surface area contributed by atoms with Crippen LogP contribution in [0.5, 0.6) is 0 Å². The second kappa shape index (κ2) is 8.95. The fourth-order valence-electron chi connectivity index (χ4n) is 2.27. The summed E-state index contributed by atoms with van der Waals surface area (Å²) < 4.78 is 65.4. The van der Waals surface area contributed by atoms with Crippen LogP contribution in [0.2, 0.25) is 0 Å². The van der Waals surface area contributed by atoms with Gasteiger partial charge >= 0.3 is 6.18 Å². The predicted octanol–water partition coefficient (Wildman–Crippen LogP) is 3.07. The van der Waals surface area contributed by atoms with E-state index in [-0.39, 0.29) is 22.6 Å². The Morgan fingerprint density at radius 3 is 2.34 bits per heavy atom. The van der Waals surface area contributed by atoms with E-state index < -0.39 is 33.6 Å². The van der Waals surface area contributed by atoms with Gasteiger partial charge in [0.25, 0.3) is 15.9 Å². The Labute approximate surface area is 165 Å². The van der Waals surface area contributed by atoms with E-state index in [9.17, 15) is 31.2 Å². The Bertz CT molecular complexity index is 1010. The fraction of sp³-hybridized carbons (Fsp3) is 0.222. The second-order valence-electron chi connectivity index (χ2n) is 5.96. The summed E-state index contributed by atoms with van der Waals surface area (Å²) in [6.45, 7) is 1.78. The van der Waals surface area contributed by atoms with Crippen LogP contribution in [-0.4, -0.2) is 20.2 Å². The number of carbonyl (C=O) groups excluding carboxylic acids is 2. The highest BCUT2D eigenvalue weighted by Gasteiger charge is 2.30. The zero-order valence-corrected chi connectivity index (χ0v) is 16.0. The smallest absolute Gasteiger partial charge is 0.280 e. The molecule has 0 aliphatic rings. The fourth-order valence-corrected chi connectivity index (χ4v) is 3.36. The van der Waals surface area contributed by atoms with Gasteiger partial charge in [-0.1, -0.05) is 19.1 Å². The van der Waals surface area contributed by atoms with E-state index in [2.05, 4.69) is 15.6 Å². The van der Waals surface area contributed by atoms with Crippen LogP contribution in [0.1, 0.15) is 35.7 Å². The molecule has 0 saturated heterocycles. The Morgan fingerprint density at radius 2 is 1.69 bits per heavy atom. The lowest BCUT2D eigenvalue weighted by atomic mass is 10.2. The molecular formula is C18H18F3N3O4S. The van der Waals surface area contributed by atoms with Crippen LogP contribution in [0, 0.1) is 0 Å². The van der Waals surface area contributed by atoms with Crippen molar-refractivity contribution < 1.29 is 31.2 Å². The summed E-state index contributed by atoms with van der Waals surface area (Å²) in [5.74, 6) is -1.15. The number of hydrazine groups is 1. The molecule has 2 aromatic carbocycles. The highest BCUT2D eigenvalue weighted by molar-refractivity contribution is 7.92. The third-order valence-corrected chi connectivity index (χ3v) is 5.02. The summed E-state index contributed by atoms with van der Waals surface area (Å²) in [4.78, 5) is 23.1. The zero-order valence-electron chi connectivity index (χ0n) is 15.2. The van der Waals surface area contributed by atoms with Crippen molar-refractivity contribution in [1.29, 1.82) is 0 Å². The molecule has 0 bridgehead atoms. The topological polar surface area (TPSA) is 104 Å². The minimum absolute atomic E-state index is 0.0614. The molecular weight excluding hydrogens is 411 g/mol. The van der Waals surface area contributed by atoms with Gasteiger partial charge in [0.05, 0.1) is 10.5 Å². The first kappa shape index (κ1) is 22.2. The Morgan fingerprint density at radius 1 is 1.00 bits per heavy atom. The van der Waals surface area contributed by atoms with Gasteiger partial charge < -0.3 is 0 Å². The molecule has 0 fully saturated rings. The van der Waals surface area contributed by atoms with Crippen LogP contribution < -0.4 is 15.6 Å². The zero-order chi connectivity index (χ0) is 21.7. The third kappa shape index (κ3) is 6.21. The number of carbonyl (C=O) groups is 2. The Balaban J connectivity index is 2.18. The average Bonchev–Trinajstić information content (AvgIpc) is 2.65. The maximum Gasteiger partial charge on any atom is 0.416 e. The molecule has 0 saturated carbocycles. The number of halogens is 3. The van der Waals surface area contributed by atoms with Crippen molar-refractivity contribution in [2.24, 2.45) is 0 Å². The van der Waals surface area contributed by atoms with Crippen LogP contribution >= 0.6 is 0 Å². The van der Waals surface area contributed by atoms with E-state index in [1.54, 1.807) is 6.92 Å². The highest BCUT2D eigenvalue weighted by atomic mass is 32.2. The number of benzene rings is 2. The number of hydrogen-bond donors (Lipinski definition) is 3. The minimum atomic E-state index is -4.62. The lowest BCUT2D eigenvalue weighted by Crippen LogP contribution is -2.41. The second-order valence-corrected chi connectivity index (χ2v) is 7.65. The van der Waals surface area contributed by atoms with Gasteiger partial charge in [0.15, 0.2) is 0 Å². The van der Waals surface area contributed by atoms with Crippen LogP contribution in [-0.2, 0) is 21.0 Å². The van der Waals surface area contributed by atoms with Crippen molar-refractivity contribution in [3.8, 4) is 0 Å². The maximum absolute atomic E-state index is 12.8. The van der Waals surface area contributed by atoms with Crippen LogP contribution in [0.3, 0.4) is 0 Å². The molecule has 0 aliphatic heterocycles. The van der Waals surface area contributed by atoms with Crippen LogP contribution in [0.4, 0.5) is 18.9 Å². The minimum Gasteiger partial charge on any atom is -0.280 e. The molecule has 29 heavy (non-hydrogen) atoms. The standard InChI is InChI=1S/C18H18F3N3O4S/c1-2-5-16(25)22-23-17(26)12-6-3-9-15(10-12)29(27,28)24-14-8-4-7-13(11-14)18(19,20)21/h3-4,6-11,24H,2,5H2,1H3,(H,22,25)(H,23,26). The average molecular weight is 429 g/mol. The molecule has 2 rings (SSSR count). The predicted molar refractivity (Wildman–Crippen MR) is 99.2 cm³/mol. The van der Waals surface area contributed by atoms with Crippen LogP contribution in [0.15, 0.2) is 53.4 Å². The third-order valence-electron chi connectivity index (χ3n) is 3.64. The molecule has 2 amide bonds. The summed E-state index contributed by atoms with van der Waals surface area (Å²) >= 11 is 0. The quantitative estimate of drug-likeness (QED) is 0.614. The lowest BCUT2D eigenvalue weighted by molar-refractivity contribution is -0.137. The first-order valence-electron chi connectivity index (χ1n) is 8.42. The van der Waals surface area contributed by atoms with Crippen molar-refractivity contribution in [2.75, 3.05) is 4.72 Å². The van der Waals surface area contributed by atoms with Gasteiger partial charge in [0, 0.05) is 17.7 Å². The molecule has 0 heterocycles. The molecule has 3 N–H and O–H groups in total. The monoisotopic (exact) mass is 429 g/mol. The number of amides is 2. The molecule has 0 atom stereocenters. The number of nitrogens with one attached hydrogen (secondary N) is 3. The molecule has 7 nitrogen and oxygen atoms in total. The van der Waals surface area contributed by atoms with Gasteiger partial charge in [-0.2, -0.15) is 13.2 Å². The number of hydrogen-bond acceptors (Lipinski definition) is 4. The Kier molecular flexibility index (Phi) is 6.85. The van der Waals surface area contributed by atoms with Gasteiger partial charge in [-0.15, -0.1) is 0 Å². The summed E-state index contributed by atoms with van der Waals surface area (Å²) in [6.07, 6.45) is -3.84. The maximum atomic E-state index is 12.8. The normalized spacial score (nSPS) is 11.6. The summed E-state index contributed by atoms with van der Waals surface area (Å²) in [5, 5.41) is 0. The van der Waals surface area contributed by atoms with E-state index in [1.165, 1.54) is 24.3 Å². The van der Waals surface area contributed by atoms with E-state index in [0.29, 0.717) is 12.5 Å². The molecule has 0 radical (unpaired) electrons. The highest BCUT2D eigenvalue weighted by Crippen LogP contribution is 2.31. The number of rotatable bonds is 6. The van der Waals surface area contributed by atoms with Crippen LogP contribution in [0.25, 0.3) is 0 Å². The molecule has 0 spiro atoms. The molecule has 0 unspecified atom stereocenters. The van der Waals surface area contributed by atoms with Crippen molar-refractivity contribution in [1.82, 2.24) is 10.9 Å². The molecule has 0 aromatic heterocycles. The van der Waals surface area contributed by atoms with Gasteiger partial charge in [-0.05, 0) is 42.8 Å². The van der Waals surface area contributed by atoms with Crippen molar-refractivity contribution >= 4 is 27.5 Å². The van der Waals surface area contributed by atoms with Crippen molar-refractivity contribution in [3.63, 3.8) is 0 Å². The Hall–Kier alpha value is -3.08. The van der Waals surface area contributed by atoms with Crippen molar-refractivity contribution in [3.05, 3.63) is 59.7 Å². The largest absolute Gasteiger partial charge is 0.416 e. The van der Waals surface area contributed by atoms with Gasteiger partial charge in [0.2, 0.25) is 5.91 Å². The van der Waals surface area contributed by atoms with Crippen molar-refractivity contribution in [2.45, 2.75) is 30.8 Å². The summed E-state index contributed by atoms with van der Waals surface area (Å²) in [5.41, 5.74) is 3.00. The summed E-state index contributed by atoms with van der Waals surface area (Å²) in [7, 11) is -4.26. The van der Waals surface area contributed by atoms with E-state index >= 15 is 0 Å². The number of alkyl halides is 3. The first-order chi connectivity index (χ1) is 13.5. The molecule has 2 aromatic rings. The molecule has 11 heteroatoms. The molecule has 0 aliphatic carbocycles. The van der Waals surface area contributed by atoms with Gasteiger partial charge in [-0.25, -0.2) is 8.42 Å². The van der Waals surface area contributed by atoms with Gasteiger partial charge in [-0.3, -0.25) is 25.2 Å².